The first-order valence-corrected chi connectivity index (χ1v) is 6.71. The summed E-state index contributed by atoms with van der Waals surface area (Å²) >= 11 is 0. The maximum Gasteiger partial charge on any atom is 0.122 e. The van der Waals surface area contributed by atoms with Gasteiger partial charge in [0.15, 0.2) is 0 Å². The van der Waals surface area contributed by atoms with Gasteiger partial charge in [-0.2, -0.15) is 0 Å². The summed E-state index contributed by atoms with van der Waals surface area (Å²) in [7, 11) is 1.71. The molecule has 1 aromatic rings. The molecule has 5 nitrogen and oxygen atoms in total. The molecule has 0 aromatic carbocycles. The lowest BCUT2D eigenvalue weighted by Crippen LogP contribution is -2.21. The van der Waals surface area contributed by atoms with Crippen LogP contribution in [0.4, 0.5) is 0 Å². The van der Waals surface area contributed by atoms with Crippen LogP contribution in [0.25, 0.3) is 0 Å². The molecule has 1 saturated heterocycles. The second kappa shape index (κ2) is 7.51. The summed E-state index contributed by atoms with van der Waals surface area (Å²) in [5.74, 6) is 1.09. The van der Waals surface area contributed by atoms with Crippen LogP contribution in [0.3, 0.4) is 0 Å². The van der Waals surface area contributed by atoms with Crippen LogP contribution in [-0.4, -0.2) is 42.5 Å². The first kappa shape index (κ1) is 13.5. The molecule has 1 aromatic heterocycles. The number of aryl methyl sites for hydroxylation is 1. The summed E-state index contributed by atoms with van der Waals surface area (Å²) in [6, 6.07) is 0. The van der Waals surface area contributed by atoms with Crippen LogP contribution in [0.15, 0.2) is 12.4 Å². The summed E-state index contributed by atoms with van der Waals surface area (Å²) in [6.07, 6.45) is 7.85. The predicted octanol–water partition coefficient (Wildman–Crippen LogP) is 1.19. The van der Waals surface area contributed by atoms with Gasteiger partial charge in [0.1, 0.15) is 5.82 Å². The fraction of sp³-hybridized carbons (Fsp3) is 0.769. The van der Waals surface area contributed by atoms with Crippen LogP contribution in [0.1, 0.15) is 25.1 Å². The molecule has 2 rings (SSSR count). The van der Waals surface area contributed by atoms with Gasteiger partial charge in [0.05, 0.1) is 19.3 Å². The Labute approximate surface area is 108 Å². The molecule has 18 heavy (non-hydrogen) atoms. The Kier molecular flexibility index (Phi) is 5.64. The highest BCUT2D eigenvalue weighted by molar-refractivity contribution is 4.92. The van der Waals surface area contributed by atoms with E-state index >= 15 is 0 Å². The maximum atomic E-state index is 5.64. The van der Waals surface area contributed by atoms with Crippen LogP contribution in [0.5, 0.6) is 0 Å². The zero-order valence-corrected chi connectivity index (χ0v) is 11.1. The largest absolute Gasteiger partial charge is 0.383 e. The molecule has 102 valence electrons. The van der Waals surface area contributed by atoms with Crippen molar-refractivity contribution in [3.8, 4) is 0 Å². The Morgan fingerprint density at radius 3 is 3.33 bits per heavy atom. The number of hydrogen-bond donors (Lipinski definition) is 1. The van der Waals surface area contributed by atoms with Gasteiger partial charge in [0.2, 0.25) is 0 Å². The van der Waals surface area contributed by atoms with Crippen molar-refractivity contribution in [2.24, 2.45) is 0 Å². The summed E-state index contributed by atoms with van der Waals surface area (Å²) in [5, 5.41) is 3.32. The highest BCUT2D eigenvalue weighted by atomic mass is 16.5. The number of imidazole rings is 1. The molecule has 0 radical (unpaired) electrons. The summed E-state index contributed by atoms with van der Waals surface area (Å²) < 4.78 is 12.8. The molecule has 1 N–H and O–H groups in total. The molecule has 1 unspecified atom stereocenters. The van der Waals surface area contributed by atoms with E-state index in [1.807, 2.05) is 12.4 Å². The smallest absolute Gasteiger partial charge is 0.122 e. The van der Waals surface area contributed by atoms with Crippen LogP contribution in [0.2, 0.25) is 0 Å². The van der Waals surface area contributed by atoms with Crippen molar-refractivity contribution < 1.29 is 9.47 Å². The Hall–Kier alpha value is -0.910. The van der Waals surface area contributed by atoms with Crippen molar-refractivity contribution in [1.29, 1.82) is 0 Å². The van der Waals surface area contributed by atoms with Crippen LogP contribution in [0, 0.1) is 0 Å². The minimum atomic E-state index is 0.446. The van der Waals surface area contributed by atoms with Gasteiger partial charge in [0.25, 0.3) is 0 Å². The molecule has 2 heterocycles. The number of methoxy groups -OCH3 is 1. The molecule has 1 aliphatic heterocycles. The lowest BCUT2D eigenvalue weighted by molar-refractivity contribution is 0.100. The maximum absolute atomic E-state index is 5.64. The van der Waals surface area contributed by atoms with Gasteiger partial charge in [-0.25, -0.2) is 4.98 Å². The van der Waals surface area contributed by atoms with Gasteiger partial charge >= 0.3 is 0 Å². The summed E-state index contributed by atoms with van der Waals surface area (Å²) in [5.41, 5.74) is 0. The number of rotatable bonds is 8. The molecule has 1 aliphatic rings. The molecular formula is C13H23N3O2. The fourth-order valence-corrected chi connectivity index (χ4v) is 2.24. The monoisotopic (exact) mass is 253 g/mol. The van der Waals surface area contributed by atoms with Crippen LogP contribution >= 0.6 is 0 Å². The predicted molar refractivity (Wildman–Crippen MR) is 69.4 cm³/mol. The Bertz CT molecular complexity index is 335. The van der Waals surface area contributed by atoms with Gasteiger partial charge in [-0.1, -0.05) is 0 Å². The highest BCUT2D eigenvalue weighted by Crippen LogP contribution is 2.16. The third-order valence-corrected chi connectivity index (χ3v) is 3.28. The molecule has 0 spiro atoms. The number of ether oxygens (including phenoxy) is 2. The second-order valence-corrected chi connectivity index (χ2v) is 4.63. The Morgan fingerprint density at radius 2 is 2.56 bits per heavy atom. The molecular weight excluding hydrogens is 230 g/mol. The molecule has 1 atom stereocenters. The van der Waals surface area contributed by atoms with Crippen molar-refractivity contribution >= 4 is 0 Å². The standard InChI is InChI=1S/C13H23N3O2/c1-17-10-6-14-11-13-15-5-8-16(13)7-4-12-3-2-9-18-12/h5,8,12,14H,2-4,6-7,9-11H2,1H3. The number of nitrogens with one attached hydrogen (secondary N) is 1. The number of aromatic nitrogens is 2. The Balaban J connectivity index is 1.72. The van der Waals surface area contributed by atoms with E-state index in [1.165, 1.54) is 12.8 Å². The van der Waals surface area contributed by atoms with E-state index in [9.17, 15) is 0 Å². The first-order chi connectivity index (χ1) is 8.90. The molecule has 0 amide bonds. The van der Waals surface area contributed by atoms with Gasteiger partial charge < -0.3 is 19.4 Å². The van der Waals surface area contributed by atoms with E-state index in [2.05, 4.69) is 14.9 Å². The van der Waals surface area contributed by atoms with Crippen molar-refractivity contribution in [3.63, 3.8) is 0 Å². The second-order valence-electron chi connectivity index (χ2n) is 4.63. The summed E-state index contributed by atoms with van der Waals surface area (Å²) in [4.78, 5) is 4.38. The molecule has 1 fully saturated rings. The third kappa shape index (κ3) is 4.08. The third-order valence-electron chi connectivity index (χ3n) is 3.28. The van der Waals surface area contributed by atoms with E-state index in [0.717, 1.165) is 45.1 Å². The van der Waals surface area contributed by atoms with Crippen molar-refractivity contribution in [2.75, 3.05) is 26.9 Å². The Morgan fingerprint density at radius 1 is 1.61 bits per heavy atom. The van der Waals surface area contributed by atoms with E-state index in [1.54, 1.807) is 7.11 Å². The number of nitrogens with zero attached hydrogens (tertiary/aromatic N) is 2. The van der Waals surface area contributed by atoms with E-state index in [4.69, 9.17) is 9.47 Å². The highest BCUT2D eigenvalue weighted by Gasteiger charge is 2.15. The van der Waals surface area contributed by atoms with Gasteiger partial charge in [0, 0.05) is 39.2 Å². The molecule has 0 bridgehead atoms. The topological polar surface area (TPSA) is 48.3 Å². The first-order valence-electron chi connectivity index (χ1n) is 6.71. The molecule has 0 saturated carbocycles. The molecule has 0 aliphatic carbocycles. The lowest BCUT2D eigenvalue weighted by Gasteiger charge is -2.12. The quantitative estimate of drug-likeness (QED) is 0.707. The van der Waals surface area contributed by atoms with Crippen molar-refractivity contribution in [2.45, 2.75) is 38.5 Å². The van der Waals surface area contributed by atoms with Crippen molar-refractivity contribution in [1.82, 2.24) is 14.9 Å². The van der Waals surface area contributed by atoms with Crippen LogP contribution in [-0.2, 0) is 22.6 Å². The van der Waals surface area contributed by atoms with Gasteiger partial charge in [-0.3, -0.25) is 0 Å². The molecule has 5 heteroatoms. The minimum absolute atomic E-state index is 0.446. The van der Waals surface area contributed by atoms with E-state index < -0.39 is 0 Å². The number of hydrogen-bond acceptors (Lipinski definition) is 4. The normalized spacial score (nSPS) is 19.5. The van der Waals surface area contributed by atoms with Gasteiger partial charge in [-0.05, 0) is 19.3 Å². The lowest BCUT2D eigenvalue weighted by atomic mass is 10.2. The van der Waals surface area contributed by atoms with E-state index in [-0.39, 0.29) is 0 Å². The zero-order chi connectivity index (χ0) is 12.6. The fourth-order valence-electron chi connectivity index (χ4n) is 2.24. The van der Waals surface area contributed by atoms with Crippen molar-refractivity contribution in [3.05, 3.63) is 18.2 Å². The average Bonchev–Trinajstić information content (AvgIpc) is 3.03. The van der Waals surface area contributed by atoms with Crippen LogP contribution < -0.4 is 5.32 Å². The SMILES string of the molecule is COCCNCc1nccn1CCC1CCCO1. The zero-order valence-electron chi connectivity index (χ0n) is 11.1. The average molecular weight is 253 g/mol. The minimum Gasteiger partial charge on any atom is -0.383 e. The van der Waals surface area contributed by atoms with Gasteiger partial charge in [-0.15, -0.1) is 0 Å². The van der Waals surface area contributed by atoms with E-state index in [0.29, 0.717) is 6.10 Å². The summed E-state index contributed by atoms with van der Waals surface area (Å²) in [6.45, 7) is 4.31.